The van der Waals surface area contributed by atoms with Crippen molar-refractivity contribution in [1.82, 2.24) is 0 Å². The molecule has 10 nitrogen and oxygen atoms in total. The Morgan fingerprint density at radius 1 is 0.575 bits per heavy atom. The summed E-state index contributed by atoms with van der Waals surface area (Å²) in [7, 11) is 1.52. The van der Waals surface area contributed by atoms with Crippen LogP contribution in [0.5, 0.6) is 17.2 Å². The normalized spacial score (nSPS) is 13.9. The van der Waals surface area contributed by atoms with Crippen LogP contribution in [0.4, 0.5) is 11.4 Å². The van der Waals surface area contributed by atoms with Crippen molar-refractivity contribution in [1.29, 1.82) is 0 Å². The number of nitrogens with zero attached hydrogens (tertiary/aromatic N) is 2. The van der Waals surface area contributed by atoms with E-state index in [-0.39, 0.29) is 33.5 Å². The Kier molecular flexibility index (Phi) is 5.65. The molecule has 6 rings (SSSR count). The zero-order valence-corrected chi connectivity index (χ0v) is 20.8. The largest absolute Gasteiger partial charge is 0.497 e. The van der Waals surface area contributed by atoms with Gasteiger partial charge in [0.15, 0.2) is 0 Å². The molecule has 4 amide bonds. The first-order valence-electron chi connectivity index (χ1n) is 12.0. The van der Waals surface area contributed by atoms with E-state index in [1.54, 1.807) is 42.5 Å². The molecule has 0 aliphatic carbocycles. The summed E-state index contributed by atoms with van der Waals surface area (Å²) in [6, 6.07) is 21.1. The molecule has 4 aromatic rings. The molecule has 0 unspecified atom stereocenters. The van der Waals surface area contributed by atoms with Gasteiger partial charge in [0.1, 0.15) is 17.2 Å². The highest BCUT2D eigenvalue weighted by Crippen LogP contribution is 2.34. The highest BCUT2D eigenvalue weighted by Gasteiger charge is 2.38. The number of rotatable bonds is 6. The quantitative estimate of drug-likeness (QED) is 0.350. The lowest BCUT2D eigenvalue weighted by atomic mass is 10.1. The monoisotopic (exact) mass is 534 g/mol. The molecule has 196 valence electrons. The molecule has 2 aliphatic rings. The Balaban J connectivity index is 1.21. The molecule has 2 aliphatic heterocycles. The number of hydrogen-bond donors (Lipinski definition) is 1. The van der Waals surface area contributed by atoms with E-state index in [2.05, 4.69) is 0 Å². The van der Waals surface area contributed by atoms with Gasteiger partial charge >= 0.3 is 5.97 Å². The van der Waals surface area contributed by atoms with Crippen LogP contribution in [0.1, 0.15) is 51.8 Å². The van der Waals surface area contributed by atoms with E-state index in [1.165, 1.54) is 49.6 Å². The molecule has 0 saturated carbocycles. The van der Waals surface area contributed by atoms with E-state index in [4.69, 9.17) is 9.47 Å². The van der Waals surface area contributed by atoms with Crippen molar-refractivity contribution in [2.24, 2.45) is 0 Å². The number of carbonyl (C=O) groups is 5. The van der Waals surface area contributed by atoms with Gasteiger partial charge in [-0.05, 0) is 84.9 Å². The Hall–Kier alpha value is -5.77. The number of ether oxygens (including phenoxy) is 2. The fourth-order valence-electron chi connectivity index (χ4n) is 4.66. The summed E-state index contributed by atoms with van der Waals surface area (Å²) in [5.41, 5.74) is 1.19. The fraction of sp³-hybridized carbons (Fsp3) is 0.0333. The Bertz CT molecular complexity index is 1760. The number of aromatic carboxylic acids is 1. The number of imide groups is 2. The maximum absolute atomic E-state index is 13.1. The molecule has 0 aromatic heterocycles. The van der Waals surface area contributed by atoms with E-state index >= 15 is 0 Å². The molecule has 4 aromatic carbocycles. The molecule has 0 saturated heterocycles. The first-order chi connectivity index (χ1) is 19.3. The van der Waals surface area contributed by atoms with E-state index < -0.39 is 29.6 Å². The zero-order chi connectivity index (χ0) is 28.1. The second-order valence-corrected chi connectivity index (χ2v) is 8.96. The Labute approximate surface area is 226 Å². The summed E-state index contributed by atoms with van der Waals surface area (Å²) < 4.78 is 11.0. The van der Waals surface area contributed by atoms with Crippen molar-refractivity contribution < 1.29 is 38.6 Å². The summed E-state index contributed by atoms with van der Waals surface area (Å²) in [5, 5.41) is 9.20. The molecule has 1 N–H and O–H groups in total. The summed E-state index contributed by atoms with van der Waals surface area (Å²) in [6.07, 6.45) is 0. The number of amides is 4. The van der Waals surface area contributed by atoms with Gasteiger partial charge in [-0.1, -0.05) is 0 Å². The maximum atomic E-state index is 13.1. The standard InChI is InChI=1S/C30H18N2O8/c1-39-19-7-3-17(4-8-19)32-27(34)23-13-11-21(15-25(23)29(32)36)40-20-9-5-18(6-10-20)31-26(33)22-12-2-16(30(37)38)14-24(22)28(31)35/h2-15H,1H3,(H,37,38). The number of methoxy groups -OCH3 is 1. The van der Waals surface area contributed by atoms with Gasteiger partial charge in [0.05, 0.1) is 46.3 Å². The molecule has 0 spiro atoms. The van der Waals surface area contributed by atoms with Crippen LogP contribution >= 0.6 is 0 Å². The van der Waals surface area contributed by atoms with E-state index in [1.807, 2.05) is 0 Å². The SMILES string of the molecule is COc1ccc(N2C(=O)c3ccc(Oc4ccc(N5C(=O)c6ccc(C(=O)O)cc6C5=O)cc4)cc3C2=O)cc1. The van der Waals surface area contributed by atoms with E-state index in [0.29, 0.717) is 22.9 Å². The third kappa shape index (κ3) is 3.86. The number of hydrogen-bond acceptors (Lipinski definition) is 7. The van der Waals surface area contributed by atoms with Crippen LogP contribution in [-0.2, 0) is 0 Å². The van der Waals surface area contributed by atoms with Crippen LogP contribution in [0.25, 0.3) is 0 Å². The van der Waals surface area contributed by atoms with E-state index in [9.17, 15) is 29.1 Å². The summed E-state index contributed by atoms with van der Waals surface area (Å²) in [4.78, 5) is 65.1. The lowest BCUT2D eigenvalue weighted by Crippen LogP contribution is -2.29. The van der Waals surface area contributed by atoms with Crippen LogP contribution in [-0.4, -0.2) is 41.8 Å². The van der Waals surface area contributed by atoms with Gasteiger partial charge in [0.25, 0.3) is 23.6 Å². The Morgan fingerprint density at radius 2 is 1.02 bits per heavy atom. The number of carbonyl (C=O) groups excluding carboxylic acids is 4. The minimum atomic E-state index is -1.20. The maximum Gasteiger partial charge on any atom is 0.335 e. The van der Waals surface area contributed by atoms with Crippen molar-refractivity contribution >= 4 is 41.0 Å². The smallest absolute Gasteiger partial charge is 0.335 e. The average Bonchev–Trinajstić information content (AvgIpc) is 3.37. The third-order valence-corrected chi connectivity index (χ3v) is 6.65. The number of carboxylic acids is 1. The molecule has 40 heavy (non-hydrogen) atoms. The number of fused-ring (bicyclic) bond motifs is 2. The fourth-order valence-corrected chi connectivity index (χ4v) is 4.66. The van der Waals surface area contributed by atoms with Crippen molar-refractivity contribution in [2.45, 2.75) is 0 Å². The van der Waals surface area contributed by atoms with Gasteiger partial charge in [0, 0.05) is 0 Å². The van der Waals surface area contributed by atoms with Crippen LogP contribution in [0, 0.1) is 0 Å². The average molecular weight is 534 g/mol. The minimum absolute atomic E-state index is 0.0197. The number of carboxylic acid groups (broad SMARTS) is 1. The Morgan fingerprint density at radius 3 is 1.55 bits per heavy atom. The van der Waals surface area contributed by atoms with Gasteiger partial charge < -0.3 is 14.6 Å². The summed E-state index contributed by atoms with van der Waals surface area (Å²) >= 11 is 0. The summed E-state index contributed by atoms with van der Waals surface area (Å²) in [5.74, 6) is -2.05. The first-order valence-corrected chi connectivity index (χ1v) is 12.0. The predicted octanol–water partition coefficient (Wildman–Crippen LogP) is 4.79. The molecule has 2 heterocycles. The second kappa shape index (κ2) is 9.21. The van der Waals surface area contributed by atoms with Crippen LogP contribution in [0.3, 0.4) is 0 Å². The minimum Gasteiger partial charge on any atom is -0.497 e. The number of anilines is 2. The molecule has 0 bridgehead atoms. The van der Waals surface area contributed by atoms with Crippen molar-refractivity contribution in [2.75, 3.05) is 16.9 Å². The van der Waals surface area contributed by atoms with Crippen molar-refractivity contribution in [3.63, 3.8) is 0 Å². The van der Waals surface area contributed by atoms with Crippen LogP contribution in [0.2, 0.25) is 0 Å². The van der Waals surface area contributed by atoms with Crippen molar-refractivity contribution in [3.8, 4) is 17.2 Å². The highest BCUT2D eigenvalue weighted by atomic mass is 16.5. The van der Waals surface area contributed by atoms with Gasteiger partial charge in [-0.15, -0.1) is 0 Å². The second-order valence-electron chi connectivity index (χ2n) is 8.96. The number of benzene rings is 4. The topological polar surface area (TPSA) is 131 Å². The molecule has 10 heteroatoms. The van der Waals surface area contributed by atoms with Crippen LogP contribution in [0.15, 0.2) is 84.9 Å². The summed E-state index contributed by atoms with van der Waals surface area (Å²) in [6.45, 7) is 0. The first kappa shape index (κ1) is 24.6. The molecular weight excluding hydrogens is 516 g/mol. The van der Waals surface area contributed by atoms with Gasteiger partial charge in [-0.2, -0.15) is 0 Å². The van der Waals surface area contributed by atoms with Gasteiger partial charge in [-0.3, -0.25) is 19.2 Å². The lowest BCUT2D eigenvalue weighted by Gasteiger charge is -2.14. The molecule has 0 radical (unpaired) electrons. The van der Waals surface area contributed by atoms with Gasteiger partial charge in [0.2, 0.25) is 0 Å². The highest BCUT2D eigenvalue weighted by molar-refractivity contribution is 6.35. The van der Waals surface area contributed by atoms with Crippen molar-refractivity contribution in [3.05, 3.63) is 113 Å². The predicted molar refractivity (Wildman–Crippen MR) is 142 cm³/mol. The van der Waals surface area contributed by atoms with Crippen LogP contribution < -0.4 is 19.3 Å². The lowest BCUT2D eigenvalue weighted by molar-refractivity contribution is 0.0695. The molecule has 0 fully saturated rings. The van der Waals surface area contributed by atoms with E-state index in [0.717, 1.165) is 9.80 Å². The third-order valence-electron chi connectivity index (χ3n) is 6.65. The zero-order valence-electron chi connectivity index (χ0n) is 20.8. The van der Waals surface area contributed by atoms with Gasteiger partial charge in [-0.25, -0.2) is 14.6 Å². The molecular formula is C30H18N2O8. The molecule has 0 atom stereocenters.